The second-order valence-electron chi connectivity index (χ2n) is 5.03. The quantitative estimate of drug-likeness (QED) is 0.323. The zero-order valence-electron chi connectivity index (χ0n) is 11.5. The minimum absolute atomic E-state index is 0.172. The first-order chi connectivity index (χ1) is 10.1. The lowest BCUT2D eigenvalue weighted by molar-refractivity contribution is 0.622. The van der Waals surface area contributed by atoms with Crippen molar-refractivity contribution in [2.45, 2.75) is 32.1 Å². The minimum Gasteiger partial charge on any atom is -0.207 e. The van der Waals surface area contributed by atoms with Gasteiger partial charge in [0.1, 0.15) is 11.6 Å². The Morgan fingerprint density at radius 1 is 0.667 bits per heavy atom. The number of halogens is 4. The lowest BCUT2D eigenvalue weighted by Crippen LogP contribution is -1.94. The molecule has 0 aliphatic carbocycles. The van der Waals surface area contributed by atoms with Gasteiger partial charge in [0.05, 0.1) is 0 Å². The molecule has 0 N–H and O–H groups in total. The molecule has 0 aliphatic heterocycles. The molecule has 0 radical (unpaired) electrons. The Balaban J connectivity index is 1.75. The van der Waals surface area contributed by atoms with Crippen LogP contribution in [0.5, 0.6) is 0 Å². The normalized spacial score (nSPS) is 10.9. The number of aryl methyl sites for hydroxylation is 2. The Morgan fingerprint density at radius 3 is 1.48 bits per heavy atom. The van der Waals surface area contributed by atoms with Crippen molar-refractivity contribution in [1.29, 1.82) is 0 Å². The summed E-state index contributed by atoms with van der Waals surface area (Å²) in [6.45, 7) is 0. The molecule has 0 amide bonds. The van der Waals surface area contributed by atoms with Crippen LogP contribution in [0.3, 0.4) is 0 Å². The van der Waals surface area contributed by atoms with Gasteiger partial charge in [0.15, 0.2) is 0 Å². The van der Waals surface area contributed by atoms with Gasteiger partial charge in [0, 0.05) is 7.14 Å². The summed E-state index contributed by atoms with van der Waals surface area (Å²) in [7, 11) is 0. The standard InChI is InChI=1S/C17H16F2I2/c18-14-8-6-12(16(20)10-14)4-2-1-3-5-13-7-9-15(19)11-17(13)21/h6-11H,1-5H2. The molecule has 21 heavy (non-hydrogen) atoms. The first-order valence-electron chi connectivity index (χ1n) is 6.94. The Hall–Kier alpha value is -0.240. The van der Waals surface area contributed by atoms with Gasteiger partial charge in [-0.1, -0.05) is 18.6 Å². The van der Waals surface area contributed by atoms with Crippen LogP contribution in [0.2, 0.25) is 0 Å². The van der Waals surface area contributed by atoms with Crippen LogP contribution in [-0.4, -0.2) is 0 Å². The maximum Gasteiger partial charge on any atom is 0.124 e. The average molecular weight is 512 g/mol. The summed E-state index contributed by atoms with van der Waals surface area (Å²) in [6, 6.07) is 9.96. The molecule has 0 nitrogen and oxygen atoms in total. The predicted octanol–water partition coefficient (Wildman–Crippen LogP) is 6.13. The number of hydrogen-bond acceptors (Lipinski definition) is 0. The smallest absolute Gasteiger partial charge is 0.124 e. The summed E-state index contributed by atoms with van der Waals surface area (Å²) < 4.78 is 28.0. The molecule has 0 saturated carbocycles. The van der Waals surface area contributed by atoms with E-state index in [1.807, 2.05) is 12.1 Å². The van der Waals surface area contributed by atoms with E-state index in [9.17, 15) is 8.78 Å². The first kappa shape index (κ1) is 17.1. The van der Waals surface area contributed by atoms with Gasteiger partial charge in [-0.2, -0.15) is 0 Å². The molecular weight excluding hydrogens is 496 g/mol. The third-order valence-corrected chi connectivity index (χ3v) is 5.43. The Morgan fingerprint density at radius 2 is 1.10 bits per heavy atom. The molecule has 0 spiro atoms. The van der Waals surface area contributed by atoms with Crippen molar-refractivity contribution in [2.24, 2.45) is 0 Å². The largest absolute Gasteiger partial charge is 0.207 e. The van der Waals surface area contributed by atoms with E-state index in [0.29, 0.717) is 0 Å². The van der Waals surface area contributed by atoms with E-state index in [1.54, 1.807) is 12.1 Å². The molecule has 0 aliphatic rings. The van der Waals surface area contributed by atoms with Gasteiger partial charge in [0.25, 0.3) is 0 Å². The summed E-state index contributed by atoms with van der Waals surface area (Å²) >= 11 is 4.37. The van der Waals surface area contributed by atoms with Crippen molar-refractivity contribution in [2.75, 3.05) is 0 Å². The fraction of sp³-hybridized carbons (Fsp3) is 0.294. The summed E-state index contributed by atoms with van der Waals surface area (Å²) in [6.07, 6.45) is 5.29. The summed E-state index contributed by atoms with van der Waals surface area (Å²) in [5.41, 5.74) is 2.43. The zero-order chi connectivity index (χ0) is 15.2. The average Bonchev–Trinajstić information content (AvgIpc) is 2.42. The van der Waals surface area contributed by atoms with Crippen LogP contribution in [0.25, 0.3) is 0 Å². The Kier molecular flexibility index (Phi) is 6.85. The Labute approximate surface area is 151 Å². The maximum absolute atomic E-state index is 13.0. The highest BCUT2D eigenvalue weighted by molar-refractivity contribution is 14.1. The van der Waals surface area contributed by atoms with Crippen molar-refractivity contribution in [3.63, 3.8) is 0 Å². The third-order valence-electron chi connectivity index (χ3n) is 3.42. The SMILES string of the molecule is Fc1ccc(CCCCCc2ccc(F)cc2I)c(I)c1. The lowest BCUT2D eigenvalue weighted by Gasteiger charge is -2.06. The summed E-state index contributed by atoms with van der Waals surface area (Å²) in [5, 5.41) is 0. The van der Waals surface area contributed by atoms with Crippen LogP contribution in [0.4, 0.5) is 8.78 Å². The van der Waals surface area contributed by atoms with E-state index in [1.165, 1.54) is 23.3 Å². The van der Waals surface area contributed by atoms with Crippen molar-refractivity contribution in [1.82, 2.24) is 0 Å². The van der Waals surface area contributed by atoms with Crippen LogP contribution >= 0.6 is 45.2 Å². The van der Waals surface area contributed by atoms with Crippen molar-refractivity contribution < 1.29 is 8.78 Å². The molecule has 0 unspecified atom stereocenters. The molecule has 112 valence electrons. The van der Waals surface area contributed by atoms with E-state index in [2.05, 4.69) is 45.2 Å². The number of hydrogen-bond donors (Lipinski definition) is 0. The molecule has 2 aromatic rings. The molecule has 0 heterocycles. The fourth-order valence-corrected chi connectivity index (χ4v) is 3.75. The van der Waals surface area contributed by atoms with Crippen LogP contribution in [0.15, 0.2) is 36.4 Å². The van der Waals surface area contributed by atoms with E-state index in [0.717, 1.165) is 39.2 Å². The zero-order valence-corrected chi connectivity index (χ0v) is 15.8. The molecule has 0 aromatic heterocycles. The van der Waals surface area contributed by atoms with Crippen LogP contribution < -0.4 is 0 Å². The highest BCUT2D eigenvalue weighted by atomic mass is 127. The summed E-state index contributed by atoms with van der Waals surface area (Å²) in [4.78, 5) is 0. The molecule has 0 atom stereocenters. The van der Waals surface area contributed by atoms with Gasteiger partial charge in [-0.05, 0) is 106 Å². The maximum atomic E-state index is 13.0. The lowest BCUT2D eigenvalue weighted by atomic mass is 10.0. The van der Waals surface area contributed by atoms with Gasteiger partial charge in [-0.15, -0.1) is 0 Å². The molecule has 0 fully saturated rings. The molecular formula is C17H16F2I2. The molecule has 2 rings (SSSR count). The topological polar surface area (TPSA) is 0 Å². The molecule has 0 bridgehead atoms. The number of rotatable bonds is 6. The second kappa shape index (κ2) is 8.41. The van der Waals surface area contributed by atoms with E-state index in [-0.39, 0.29) is 11.6 Å². The molecule has 4 heteroatoms. The van der Waals surface area contributed by atoms with Crippen molar-refractivity contribution in [3.8, 4) is 0 Å². The second-order valence-corrected chi connectivity index (χ2v) is 7.36. The first-order valence-corrected chi connectivity index (χ1v) is 9.10. The van der Waals surface area contributed by atoms with Gasteiger partial charge >= 0.3 is 0 Å². The van der Waals surface area contributed by atoms with Crippen LogP contribution in [0, 0.1) is 18.8 Å². The van der Waals surface area contributed by atoms with Crippen LogP contribution in [0.1, 0.15) is 30.4 Å². The predicted molar refractivity (Wildman–Crippen MR) is 99.5 cm³/mol. The third kappa shape index (κ3) is 5.47. The van der Waals surface area contributed by atoms with Gasteiger partial charge in [-0.3, -0.25) is 0 Å². The van der Waals surface area contributed by atoms with Gasteiger partial charge < -0.3 is 0 Å². The summed E-state index contributed by atoms with van der Waals surface area (Å²) in [5.74, 6) is -0.344. The van der Waals surface area contributed by atoms with E-state index < -0.39 is 0 Å². The molecule has 2 aromatic carbocycles. The highest BCUT2D eigenvalue weighted by Gasteiger charge is 2.03. The van der Waals surface area contributed by atoms with Gasteiger partial charge in [0.2, 0.25) is 0 Å². The Bertz CT molecular complexity index is 558. The highest BCUT2D eigenvalue weighted by Crippen LogP contribution is 2.19. The van der Waals surface area contributed by atoms with Crippen molar-refractivity contribution in [3.05, 3.63) is 66.3 Å². The fourth-order valence-electron chi connectivity index (χ4n) is 2.26. The molecule has 0 saturated heterocycles. The minimum atomic E-state index is -0.172. The van der Waals surface area contributed by atoms with Crippen molar-refractivity contribution >= 4 is 45.2 Å². The van der Waals surface area contributed by atoms with E-state index in [4.69, 9.17) is 0 Å². The number of unbranched alkanes of at least 4 members (excludes halogenated alkanes) is 2. The van der Waals surface area contributed by atoms with E-state index >= 15 is 0 Å². The van der Waals surface area contributed by atoms with Gasteiger partial charge in [-0.25, -0.2) is 8.78 Å². The van der Waals surface area contributed by atoms with Crippen LogP contribution in [-0.2, 0) is 12.8 Å². The number of benzene rings is 2. The monoisotopic (exact) mass is 512 g/mol.